The van der Waals surface area contributed by atoms with Gasteiger partial charge < -0.3 is 9.94 Å². The van der Waals surface area contributed by atoms with Crippen LogP contribution >= 0.6 is 0 Å². The number of rotatable bonds is 7. The van der Waals surface area contributed by atoms with Gasteiger partial charge in [0.2, 0.25) is 0 Å². The molecule has 1 fully saturated rings. The van der Waals surface area contributed by atoms with Crippen LogP contribution in [-0.4, -0.2) is 48.4 Å². The maximum Gasteiger partial charge on any atom is 0.307 e. The summed E-state index contributed by atoms with van der Waals surface area (Å²) in [5.41, 5.74) is 3.26. The molecule has 2 aromatic rings. The standard InChI is InChI=1S/C21H24N2O3/c24-21(25)19-10-6-12-23(16-19)13-14-26-22-15-18-9-4-5-11-20(18)17-7-2-1-3-8-17/h1-5,7-9,11,15,19H,6,10,12-14,16H2,(H,24,25)/b22-15+. The van der Waals surface area contributed by atoms with E-state index in [-0.39, 0.29) is 5.92 Å². The van der Waals surface area contributed by atoms with Crippen LogP contribution in [-0.2, 0) is 9.63 Å². The van der Waals surface area contributed by atoms with Crippen molar-refractivity contribution in [2.45, 2.75) is 12.8 Å². The fourth-order valence-electron chi connectivity index (χ4n) is 3.27. The minimum atomic E-state index is -0.703. The quantitative estimate of drug-likeness (QED) is 0.471. The second-order valence-corrected chi connectivity index (χ2v) is 6.50. The van der Waals surface area contributed by atoms with Crippen LogP contribution in [0, 0.1) is 5.92 Å². The van der Waals surface area contributed by atoms with Crippen LogP contribution in [0.3, 0.4) is 0 Å². The zero-order chi connectivity index (χ0) is 18.2. The first-order valence-electron chi connectivity index (χ1n) is 8.99. The Labute approximate surface area is 153 Å². The van der Waals surface area contributed by atoms with Gasteiger partial charge in [0.25, 0.3) is 0 Å². The highest BCUT2D eigenvalue weighted by Crippen LogP contribution is 2.22. The third-order valence-corrected chi connectivity index (χ3v) is 4.67. The molecular formula is C21H24N2O3. The first-order valence-corrected chi connectivity index (χ1v) is 8.99. The van der Waals surface area contributed by atoms with Crippen molar-refractivity contribution in [3.05, 3.63) is 60.2 Å². The molecule has 1 unspecified atom stereocenters. The molecule has 1 aliphatic heterocycles. The maximum atomic E-state index is 11.1. The van der Waals surface area contributed by atoms with E-state index >= 15 is 0 Å². The van der Waals surface area contributed by atoms with Crippen molar-refractivity contribution in [1.29, 1.82) is 0 Å². The summed E-state index contributed by atoms with van der Waals surface area (Å²) in [6.45, 7) is 2.67. The number of carboxylic acid groups (broad SMARTS) is 1. The summed E-state index contributed by atoms with van der Waals surface area (Å²) >= 11 is 0. The van der Waals surface area contributed by atoms with Gasteiger partial charge in [0.1, 0.15) is 6.61 Å². The van der Waals surface area contributed by atoms with Gasteiger partial charge in [0.05, 0.1) is 12.1 Å². The normalized spacial score (nSPS) is 18.1. The lowest BCUT2D eigenvalue weighted by Crippen LogP contribution is -2.40. The van der Waals surface area contributed by atoms with E-state index in [1.165, 1.54) is 0 Å². The van der Waals surface area contributed by atoms with E-state index in [0.717, 1.165) is 36.1 Å². The highest BCUT2D eigenvalue weighted by Gasteiger charge is 2.24. The van der Waals surface area contributed by atoms with Crippen LogP contribution in [0.25, 0.3) is 11.1 Å². The van der Waals surface area contributed by atoms with Gasteiger partial charge in [-0.15, -0.1) is 0 Å². The minimum Gasteiger partial charge on any atom is -0.481 e. The Morgan fingerprint density at radius 3 is 2.77 bits per heavy atom. The highest BCUT2D eigenvalue weighted by atomic mass is 16.6. The Morgan fingerprint density at radius 2 is 1.96 bits per heavy atom. The molecule has 5 nitrogen and oxygen atoms in total. The lowest BCUT2D eigenvalue weighted by atomic mass is 9.98. The number of aliphatic carboxylic acids is 1. The number of piperidine rings is 1. The predicted octanol–water partition coefficient (Wildman–Crippen LogP) is 3.50. The van der Waals surface area contributed by atoms with Crippen molar-refractivity contribution in [2.75, 3.05) is 26.2 Å². The number of likely N-dealkylation sites (tertiary alicyclic amines) is 1. The van der Waals surface area contributed by atoms with Crippen LogP contribution in [0.15, 0.2) is 59.8 Å². The average Bonchev–Trinajstić information content (AvgIpc) is 2.69. The van der Waals surface area contributed by atoms with E-state index in [1.807, 2.05) is 36.4 Å². The molecule has 0 amide bonds. The van der Waals surface area contributed by atoms with E-state index in [1.54, 1.807) is 6.21 Å². The summed E-state index contributed by atoms with van der Waals surface area (Å²) in [4.78, 5) is 18.6. The summed E-state index contributed by atoms with van der Waals surface area (Å²) in [6, 6.07) is 18.2. The molecular weight excluding hydrogens is 328 g/mol. The predicted molar refractivity (Wildman–Crippen MR) is 102 cm³/mol. The van der Waals surface area contributed by atoms with Crippen molar-refractivity contribution in [1.82, 2.24) is 4.90 Å². The van der Waals surface area contributed by atoms with Gasteiger partial charge in [-0.1, -0.05) is 59.8 Å². The highest BCUT2D eigenvalue weighted by molar-refractivity contribution is 5.90. The molecule has 2 aromatic carbocycles. The third-order valence-electron chi connectivity index (χ3n) is 4.67. The van der Waals surface area contributed by atoms with Crippen molar-refractivity contribution in [3.63, 3.8) is 0 Å². The summed E-state index contributed by atoms with van der Waals surface area (Å²) in [5, 5.41) is 13.2. The van der Waals surface area contributed by atoms with Crippen molar-refractivity contribution in [3.8, 4) is 11.1 Å². The molecule has 0 aliphatic carbocycles. The number of carbonyl (C=O) groups is 1. The molecule has 3 rings (SSSR count). The van der Waals surface area contributed by atoms with Crippen LogP contribution in [0.1, 0.15) is 18.4 Å². The van der Waals surface area contributed by atoms with Crippen LogP contribution < -0.4 is 0 Å². The zero-order valence-corrected chi connectivity index (χ0v) is 14.8. The summed E-state index contributed by atoms with van der Waals surface area (Å²) < 4.78 is 0. The SMILES string of the molecule is O=C(O)C1CCCN(CCO/N=C/c2ccccc2-c2ccccc2)C1. The van der Waals surface area contributed by atoms with Gasteiger partial charge in [0, 0.05) is 18.7 Å². The van der Waals surface area contributed by atoms with Crippen molar-refractivity contribution in [2.24, 2.45) is 11.1 Å². The van der Waals surface area contributed by atoms with Crippen LogP contribution in [0.5, 0.6) is 0 Å². The van der Waals surface area contributed by atoms with Gasteiger partial charge in [-0.05, 0) is 30.5 Å². The molecule has 1 aliphatic rings. The number of benzene rings is 2. The molecule has 0 saturated carbocycles. The second-order valence-electron chi connectivity index (χ2n) is 6.50. The van der Waals surface area contributed by atoms with E-state index in [0.29, 0.717) is 19.7 Å². The topological polar surface area (TPSA) is 62.1 Å². The smallest absolute Gasteiger partial charge is 0.307 e. The van der Waals surface area contributed by atoms with Gasteiger partial charge >= 0.3 is 5.97 Å². The van der Waals surface area contributed by atoms with Gasteiger partial charge in [-0.3, -0.25) is 9.69 Å². The van der Waals surface area contributed by atoms with E-state index in [9.17, 15) is 4.79 Å². The number of oxime groups is 1. The van der Waals surface area contributed by atoms with E-state index in [2.05, 4.69) is 28.3 Å². The summed E-state index contributed by atoms with van der Waals surface area (Å²) in [5.74, 6) is -0.962. The average molecular weight is 352 g/mol. The molecule has 1 N–H and O–H groups in total. The Kier molecular flexibility index (Phi) is 6.39. The monoisotopic (exact) mass is 352 g/mol. The molecule has 1 heterocycles. The molecule has 1 atom stereocenters. The lowest BCUT2D eigenvalue weighted by molar-refractivity contribution is -0.143. The molecule has 26 heavy (non-hydrogen) atoms. The molecule has 0 spiro atoms. The molecule has 0 bridgehead atoms. The van der Waals surface area contributed by atoms with Crippen LogP contribution in [0.2, 0.25) is 0 Å². The summed E-state index contributed by atoms with van der Waals surface area (Å²) in [6.07, 6.45) is 3.42. The van der Waals surface area contributed by atoms with Crippen molar-refractivity contribution < 1.29 is 14.7 Å². The lowest BCUT2D eigenvalue weighted by Gasteiger charge is -2.29. The molecule has 0 aromatic heterocycles. The number of hydrogen-bond donors (Lipinski definition) is 1. The third kappa shape index (κ3) is 4.92. The van der Waals surface area contributed by atoms with E-state index in [4.69, 9.17) is 9.94 Å². The molecule has 1 saturated heterocycles. The zero-order valence-electron chi connectivity index (χ0n) is 14.8. The molecule has 5 heteroatoms. The second kappa shape index (κ2) is 9.15. The van der Waals surface area contributed by atoms with Gasteiger partial charge in [0.15, 0.2) is 0 Å². The van der Waals surface area contributed by atoms with Crippen LogP contribution in [0.4, 0.5) is 0 Å². The molecule has 136 valence electrons. The molecule has 0 radical (unpaired) electrons. The Bertz CT molecular complexity index is 746. The fourth-order valence-corrected chi connectivity index (χ4v) is 3.27. The first-order chi connectivity index (χ1) is 12.7. The Morgan fingerprint density at radius 1 is 1.19 bits per heavy atom. The summed E-state index contributed by atoms with van der Waals surface area (Å²) in [7, 11) is 0. The largest absolute Gasteiger partial charge is 0.481 e. The number of hydrogen-bond acceptors (Lipinski definition) is 4. The van der Waals surface area contributed by atoms with E-state index < -0.39 is 5.97 Å². The minimum absolute atomic E-state index is 0.259. The number of carboxylic acids is 1. The Balaban J connectivity index is 1.51. The Hall–Kier alpha value is -2.66. The van der Waals surface area contributed by atoms with Gasteiger partial charge in [-0.25, -0.2) is 0 Å². The fraction of sp³-hybridized carbons (Fsp3) is 0.333. The number of nitrogens with zero attached hydrogens (tertiary/aromatic N) is 2. The first kappa shape index (κ1) is 18.1. The van der Waals surface area contributed by atoms with Gasteiger partial charge in [-0.2, -0.15) is 0 Å². The van der Waals surface area contributed by atoms with Crippen molar-refractivity contribution >= 4 is 12.2 Å². The maximum absolute atomic E-state index is 11.1.